The molecule has 0 N–H and O–H groups in total. The smallest absolute Gasteiger partial charge is 0.0651 e. The second-order valence-corrected chi connectivity index (χ2v) is 13.9. The molecule has 0 aliphatic rings. The zero-order valence-electron chi connectivity index (χ0n) is 34.5. The molecule has 0 aliphatic heterocycles. The summed E-state index contributed by atoms with van der Waals surface area (Å²) in [6, 6.07) is 69.1. The van der Waals surface area contributed by atoms with E-state index in [0.29, 0.717) is 11.1 Å². The first-order valence-corrected chi connectivity index (χ1v) is 18.9. The van der Waals surface area contributed by atoms with Crippen molar-refractivity contribution in [2.24, 2.45) is 0 Å². The van der Waals surface area contributed by atoms with Gasteiger partial charge in [0.2, 0.25) is 0 Å². The molecule has 56 heavy (non-hydrogen) atoms. The minimum Gasteiger partial charge on any atom is -0.310 e. The van der Waals surface area contributed by atoms with Gasteiger partial charge in [-0.25, -0.2) is 0 Å². The number of aromatic nitrogens is 1. The van der Waals surface area contributed by atoms with E-state index in [0.717, 1.165) is 72.2 Å². The van der Waals surface area contributed by atoms with Gasteiger partial charge in [0.15, 0.2) is 0 Å². The fraction of sp³-hybridized carbons (Fsp3) is 0. The minimum absolute atomic E-state index is 0.00788. The third-order valence-corrected chi connectivity index (χ3v) is 10.5. The molecule has 0 spiro atoms. The van der Waals surface area contributed by atoms with Crippen LogP contribution in [0.5, 0.6) is 0 Å². The summed E-state index contributed by atoms with van der Waals surface area (Å²) in [6.45, 7) is 0. The van der Waals surface area contributed by atoms with E-state index in [1.165, 1.54) is 0 Å². The molecule has 0 fully saturated rings. The van der Waals surface area contributed by atoms with Crippen molar-refractivity contribution in [1.82, 2.24) is 4.57 Å². The lowest BCUT2D eigenvalue weighted by atomic mass is 9.97. The number of nitrogens with zero attached hydrogens (tertiary/aromatic N) is 2. The molecule has 0 atom stereocenters. The third-order valence-electron chi connectivity index (χ3n) is 10.5. The summed E-state index contributed by atoms with van der Waals surface area (Å²) in [5.74, 6) is 0. The highest BCUT2D eigenvalue weighted by atomic mass is 15.1. The van der Waals surface area contributed by atoms with Crippen molar-refractivity contribution in [3.8, 4) is 50.2 Å². The lowest BCUT2D eigenvalue weighted by molar-refractivity contribution is 1.18. The van der Waals surface area contributed by atoms with Crippen LogP contribution in [0.1, 0.15) is 5.48 Å². The molecule has 10 rings (SSSR count). The molecule has 0 unspecified atom stereocenters. The van der Waals surface area contributed by atoms with Crippen molar-refractivity contribution in [3.63, 3.8) is 0 Å². The van der Waals surface area contributed by atoms with E-state index in [4.69, 9.17) is 0 Å². The van der Waals surface area contributed by atoms with Crippen LogP contribution in [0.15, 0.2) is 230 Å². The van der Waals surface area contributed by atoms with Crippen LogP contribution in [-0.2, 0) is 0 Å². The van der Waals surface area contributed by atoms with Crippen molar-refractivity contribution in [1.29, 1.82) is 0 Å². The number of hydrogen-bond acceptors (Lipinski definition) is 1. The topological polar surface area (TPSA) is 8.17 Å². The highest BCUT2D eigenvalue weighted by molar-refractivity contribution is 6.10. The highest BCUT2D eigenvalue weighted by Crippen LogP contribution is 2.43. The van der Waals surface area contributed by atoms with Gasteiger partial charge in [0.25, 0.3) is 0 Å². The largest absolute Gasteiger partial charge is 0.310 e. The summed E-state index contributed by atoms with van der Waals surface area (Å²) >= 11 is 0. The second-order valence-electron chi connectivity index (χ2n) is 13.9. The van der Waals surface area contributed by atoms with Gasteiger partial charge in [-0.15, -0.1) is 0 Å². The number of fused-ring (bicyclic) bond motifs is 3. The molecule has 1 heterocycles. The van der Waals surface area contributed by atoms with Crippen LogP contribution in [0, 0.1) is 0 Å². The Hall–Kier alpha value is -7.42. The zero-order chi connectivity index (χ0) is 40.7. The zero-order valence-corrected chi connectivity index (χ0v) is 30.5. The molecular weight excluding hydrogens is 677 g/mol. The van der Waals surface area contributed by atoms with Gasteiger partial charge < -0.3 is 9.47 Å². The van der Waals surface area contributed by atoms with Gasteiger partial charge in [-0.1, -0.05) is 170 Å². The predicted molar refractivity (Wildman–Crippen MR) is 237 cm³/mol. The van der Waals surface area contributed by atoms with Gasteiger partial charge in [-0.3, -0.25) is 0 Å². The molecular formula is C54H38N2. The van der Waals surface area contributed by atoms with Gasteiger partial charge in [0, 0.05) is 33.4 Å². The summed E-state index contributed by atoms with van der Waals surface area (Å²) in [7, 11) is 0. The summed E-state index contributed by atoms with van der Waals surface area (Å²) in [5, 5.41) is 2.03. The minimum atomic E-state index is -0.238. The van der Waals surface area contributed by atoms with Crippen LogP contribution in [-0.4, -0.2) is 4.57 Å². The first-order valence-electron chi connectivity index (χ1n) is 20.9. The molecule has 2 heteroatoms. The number of anilines is 3. The summed E-state index contributed by atoms with van der Waals surface area (Å²) in [6.07, 6.45) is 0. The highest BCUT2D eigenvalue weighted by Gasteiger charge is 2.19. The molecule has 9 aromatic carbocycles. The lowest BCUT2D eigenvalue weighted by Crippen LogP contribution is -2.11. The number of benzene rings is 9. The van der Waals surface area contributed by atoms with Crippen molar-refractivity contribution in [2.75, 3.05) is 4.90 Å². The van der Waals surface area contributed by atoms with E-state index in [2.05, 4.69) is 95.6 Å². The average Bonchev–Trinajstić information content (AvgIpc) is 3.64. The summed E-state index contributed by atoms with van der Waals surface area (Å²) in [4.78, 5) is 1.93. The van der Waals surface area contributed by atoms with E-state index in [9.17, 15) is 5.48 Å². The molecule has 0 bridgehead atoms. The van der Waals surface area contributed by atoms with Gasteiger partial charge in [0.1, 0.15) is 0 Å². The monoisotopic (exact) mass is 718 g/mol. The van der Waals surface area contributed by atoms with Crippen molar-refractivity contribution >= 4 is 38.9 Å². The Labute approximate surface area is 333 Å². The first-order chi connectivity index (χ1) is 29.5. The van der Waals surface area contributed by atoms with Crippen LogP contribution in [0.4, 0.5) is 17.1 Å². The Morgan fingerprint density at radius 2 is 0.911 bits per heavy atom. The maximum Gasteiger partial charge on any atom is 0.0651 e. The quantitative estimate of drug-likeness (QED) is 0.152. The molecule has 264 valence electrons. The summed E-state index contributed by atoms with van der Waals surface area (Å²) in [5.41, 5.74) is 12.0. The summed E-state index contributed by atoms with van der Waals surface area (Å²) < 4.78 is 40.3. The van der Waals surface area contributed by atoms with E-state index in [-0.39, 0.29) is 29.9 Å². The Kier molecular flexibility index (Phi) is 7.47. The van der Waals surface area contributed by atoms with Crippen LogP contribution in [0.3, 0.4) is 0 Å². The van der Waals surface area contributed by atoms with E-state index in [1.54, 1.807) is 0 Å². The maximum atomic E-state index is 10.0. The SMILES string of the molecule is [2H]c1c([2H])c(-c2ccc3c(c2)c2ccccc2n3-c2ccccc2)c([2H])c(N(c2ccc(-c3ccccc3)cc2)c2ccccc2-c2ccc(-c3ccccc3)cc2)c1[2H]. The third kappa shape index (κ3) is 6.14. The van der Waals surface area contributed by atoms with Gasteiger partial charge in [0.05, 0.1) is 22.2 Å². The maximum absolute atomic E-state index is 10.0. The molecule has 2 nitrogen and oxygen atoms in total. The van der Waals surface area contributed by atoms with E-state index in [1.807, 2.05) is 120 Å². The van der Waals surface area contributed by atoms with Crippen molar-refractivity contribution < 1.29 is 5.48 Å². The Morgan fingerprint density at radius 1 is 0.375 bits per heavy atom. The van der Waals surface area contributed by atoms with Gasteiger partial charge >= 0.3 is 0 Å². The standard InChI is InChI=1S/C54H38N2/c1-4-15-39(16-5-1)41-27-29-43(30-28-41)49-23-10-12-25-52(49)55(47-34-31-42(32-35-47)40-17-6-2-7-18-40)48-22-14-19-44(37-48)45-33-36-54-51(38-45)50-24-11-13-26-53(50)56(54)46-20-8-3-9-21-46/h1-38H/i14D,19D,22D,37D. The Balaban J connectivity index is 1.18. The molecule has 0 radical (unpaired) electrons. The second kappa shape index (κ2) is 14.4. The number of hydrogen-bond donors (Lipinski definition) is 0. The fourth-order valence-electron chi connectivity index (χ4n) is 7.78. The molecule has 0 saturated heterocycles. The van der Waals surface area contributed by atoms with Crippen LogP contribution in [0.25, 0.3) is 72.0 Å². The van der Waals surface area contributed by atoms with E-state index < -0.39 is 0 Å². The first kappa shape index (κ1) is 29.0. The van der Waals surface area contributed by atoms with Crippen LogP contribution < -0.4 is 4.90 Å². The Morgan fingerprint density at radius 3 is 1.62 bits per heavy atom. The van der Waals surface area contributed by atoms with E-state index >= 15 is 0 Å². The van der Waals surface area contributed by atoms with Crippen molar-refractivity contribution in [3.05, 3.63) is 230 Å². The molecule has 10 aromatic rings. The average molecular weight is 719 g/mol. The number of rotatable bonds is 8. The van der Waals surface area contributed by atoms with Crippen molar-refractivity contribution in [2.45, 2.75) is 0 Å². The fourth-order valence-corrected chi connectivity index (χ4v) is 7.78. The lowest BCUT2D eigenvalue weighted by Gasteiger charge is -2.28. The van der Waals surface area contributed by atoms with Crippen LogP contribution >= 0.6 is 0 Å². The predicted octanol–water partition coefficient (Wildman–Crippen LogP) is 14.9. The number of para-hydroxylation sites is 3. The molecule has 1 aromatic heterocycles. The molecule has 0 saturated carbocycles. The normalized spacial score (nSPS) is 12.2. The van der Waals surface area contributed by atoms with Crippen LogP contribution in [0.2, 0.25) is 0 Å². The Bertz CT molecular complexity index is 3160. The molecule has 0 amide bonds. The van der Waals surface area contributed by atoms with Gasteiger partial charge in [-0.2, -0.15) is 0 Å². The van der Waals surface area contributed by atoms with Gasteiger partial charge in [-0.05, 0) is 99.6 Å². The molecule has 0 aliphatic carbocycles.